The lowest BCUT2D eigenvalue weighted by Gasteiger charge is -2.07. The fourth-order valence-electron chi connectivity index (χ4n) is 1.89. The molecule has 23 heavy (non-hydrogen) atoms. The van der Waals surface area contributed by atoms with Gasteiger partial charge in [0.15, 0.2) is 0 Å². The first-order valence-corrected chi connectivity index (χ1v) is 8.30. The molecule has 1 aromatic heterocycles. The molecule has 0 atom stereocenters. The number of benzene rings is 1. The highest BCUT2D eigenvalue weighted by molar-refractivity contribution is 7.99. The molecule has 0 radical (unpaired) electrons. The minimum Gasteiger partial charge on any atom is -0.334 e. The molecule has 8 heteroatoms. The van der Waals surface area contributed by atoms with Crippen LogP contribution in [0, 0.1) is 0 Å². The second-order valence-electron chi connectivity index (χ2n) is 4.97. The lowest BCUT2D eigenvalue weighted by Crippen LogP contribution is -2.30. The van der Waals surface area contributed by atoms with Crippen molar-refractivity contribution >= 4 is 23.4 Å². The third-order valence-electron chi connectivity index (χ3n) is 3.14. The number of thioether (sulfide) groups is 1. The van der Waals surface area contributed by atoms with Gasteiger partial charge in [-0.3, -0.25) is 9.59 Å². The molecule has 0 bridgehead atoms. The molecule has 0 aliphatic carbocycles. The van der Waals surface area contributed by atoms with Crippen LogP contribution in [0.3, 0.4) is 0 Å². The van der Waals surface area contributed by atoms with Crippen molar-refractivity contribution < 1.29 is 4.79 Å². The Labute approximate surface area is 138 Å². The van der Waals surface area contributed by atoms with Crippen molar-refractivity contribution in [1.29, 1.82) is 0 Å². The van der Waals surface area contributed by atoms with Gasteiger partial charge in [0.05, 0.1) is 5.75 Å². The van der Waals surface area contributed by atoms with Gasteiger partial charge in [0.2, 0.25) is 11.1 Å². The van der Waals surface area contributed by atoms with Gasteiger partial charge in [-0.2, -0.15) is 9.77 Å². The Balaban J connectivity index is 1.87. The van der Waals surface area contributed by atoms with Crippen molar-refractivity contribution in [1.82, 2.24) is 14.9 Å². The molecule has 2 aromatic rings. The quantitative estimate of drug-likeness (QED) is 0.587. The van der Waals surface area contributed by atoms with E-state index in [0.717, 1.165) is 47.6 Å². The molecule has 0 aliphatic heterocycles. The van der Waals surface area contributed by atoms with Crippen molar-refractivity contribution in [2.45, 2.75) is 31.3 Å². The molecule has 0 saturated carbocycles. The smallest absolute Gasteiger partial charge is 0.291 e. The van der Waals surface area contributed by atoms with Crippen LogP contribution in [0.25, 0.3) is 0 Å². The number of nitrogens with one attached hydrogen (secondary N) is 1. The maximum Gasteiger partial charge on any atom is 0.291 e. The van der Waals surface area contributed by atoms with Crippen LogP contribution < -0.4 is 16.7 Å². The monoisotopic (exact) mass is 333 g/mol. The van der Waals surface area contributed by atoms with Gasteiger partial charge in [0.25, 0.3) is 5.56 Å². The standard InChI is InChI=1S/C15H19N5O2S/c1-2-3-4-11-5-7-12(8-6-11)18-13(21)10-23-15-19-17-9-14(22)20(15)16/h5-9H,2-4,10,16H2,1H3,(H,18,21). The van der Waals surface area contributed by atoms with Gasteiger partial charge < -0.3 is 11.2 Å². The molecule has 0 aliphatic rings. The third-order valence-corrected chi connectivity index (χ3v) is 4.09. The molecule has 3 N–H and O–H groups in total. The van der Waals surface area contributed by atoms with Gasteiger partial charge >= 0.3 is 0 Å². The van der Waals surface area contributed by atoms with Gasteiger partial charge in [-0.15, -0.1) is 5.10 Å². The van der Waals surface area contributed by atoms with E-state index in [2.05, 4.69) is 22.4 Å². The zero-order valence-electron chi connectivity index (χ0n) is 12.9. The van der Waals surface area contributed by atoms with Crippen LogP contribution in [0.15, 0.2) is 40.4 Å². The van der Waals surface area contributed by atoms with E-state index in [0.29, 0.717) is 0 Å². The first-order valence-electron chi connectivity index (χ1n) is 7.31. The Bertz CT molecular complexity index is 715. The topological polar surface area (TPSA) is 103 Å². The number of nitrogens with two attached hydrogens (primary N) is 1. The SMILES string of the molecule is CCCCc1ccc(NC(=O)CSc2nncc(=O)n2N)cc1. The highest BCUT2D eigenvalue weighted by atomic mass is 32.2. The van der Waals surface area contributed by atoms with Crippen molar-refractivity contribution in [3.05, 3.63) is 46.4 Å². The number of aromatic nitrogens is 3. The fraction of sp³-hybridized carbons (Fsp3) is 0.333. The van der Waals surface area contributed by atoms with Crippen LogP contribution in [0.1, 0.15) is 25.3 Å². The summed E-state index contributed by atoms with van der Waals surface area (Å²) in [5, 5.41) is 10.2. The molecule has 1 aromatic carbocycles. The first-order chi connectivity index (χ1) is 11.1. The lowest BCUT2D eigenvalue weighted by atomic mass is 10.1. The largest absolute Gasteiger partial charge is 0.334 e. The second-order valence-corrected chi connectivity index (χ2v) is 5.92. The van der Waals surface area contributed by atoms with E-state index in [1.54, 1.807) is 0 Å². The maximum absolute atomic E-state index is 11.9. The summed E-state index contributed by atoms with van der Waals surface area (Å²) in [6, 6.07) is 7.79. The van der Waals surface area contributed by atoms with E-state index in [1.807, 2.05) is 24.3 Å². The Kier molecular flexibility index (Phi) is 6.16. The number of nitrogens with zero attached hydrogens (tertiary/aromatic N) is 3. The number of nitrogen functional groups attached to an aromatic ring is 1. The molecule has 0 fully saturated rings. The van der Waals surface area contributed by atoms with Crippen LogP contribution in [0.5, 0.6) is 0 Å². The summed E-state index contributed by atoms with van der Waals surface area (Å²) in [7, 11) is 0. The van der Waals surface area contributed by atoms with E-state index >= 15 is 0 Å². The summed E-state index contributed by atoms with van der Waals surface area (Å²) in [5.74, 6) is 5.42. The Morgan fingerprint density at radius 1 is 1.35 bits per heavy atom. The second kappa shape index (κ2) is 8.33. The van der Waals surface area contributed by atoms with Crippen LogP contribution in [0.2, 0.25) is 0 Å². The minimum absolute atomic E-state index is 0.0902. The predicted octanol–water partition coefficient (Wildman–Crippen LogP) is 1.43. The third kappa shape index (κ3) is 5.10. The molecule has 1 amide bonds. The molecular weight excluding hydrogens is 314 g/mol. The minimum atomic E-state index is -0.467. The lowest BCUT2D eigenvalue weighted by molar-refractivity contribution is -0.113. The van der Waals surface area contributed by atoms with Crippen LogP contribution in [-0.4, -0.2) is 26.5 Å². The fourth-order valence-corrected chi connectivity index (χ4v) is 2.56. The summed E-state index contributed by atoms with van der Waals surface area (Å²) in [4.78, 5) is 23.2. The number of anilines is 1. The molecule has 2 rings (SSSR count). The van der Waals surface area contributed by atoms with Crippen molar-refractivity contribution in [2.75, 3.05) is 16.9 Å². The Morgan fingerprint density at radius 2 is 2.09 bits per heavy atom. The summed E-state index contributed by atoms with van der Waals surface area (Å²) >= 11 is 1.06. The summed E-state index contributed by atoms with van der Waals surface area (Å²) in [6.07, 6.45) is 4.37. The van der Waals surface area contributed by atoms with E-state index < -0.39 is 5.56 Å². The van der Waals surface area contributed by atoms with Crippen molar-refractivity contribution in [2.24, 2.45) is 0 Å². The Morgan fingerprint density at radius 3 is 2.78 bits per heavy atom. The number of unbranched alkanes of at least 4 members (excludes halogenated alkanes) is 1. The zero-order valence-corrected chi connectivity index (χ0v) is 13.7. The highest BCUT2D eigenvalue weighted by Gasteiger charge is 2.08. The molecule has 7 nitrogen and oxygen atoms in total. The van der Waals surface area contributed by atoms with Crippen molar-refractivity contribution in [3.8, 4) is 0 Å². The number of rotatable bonds is 7. The average molecular weight is 333 g/mol. The average Bonchev–Trinajstić information content (AvgIpc) is 2.55. The van der Waals surface area contributed by atoms with Gasteiger partial charge in [0.1, 0.15) is 6.20 Å². The molecule has 1 heterocycles. The molecular formula is C15H19N5O2S. The number of amides is 1. The normalized spacial score (nSPS) is 10.5. The van der Waals surface area contributed by atoms with Gasteiger partial charge in [0, 0.05) is 5.69 Å². The summed E-state index contributed by atoms with van der Waals surface area (Å²) < 4.78 is 0.869. The number of carbonyl (C=O) groups is 1. The number of carbonyl (C=O) groups excluding carboxylic acids is 1. The summed E-state index contributed by atoms with van der Waals surface area (Å²) in [5.41, 5.74) is 1.52. The molecule has 0 saturated heterocycles. The molecule has 0 spiro atoms. The number of hydrogen-bond acceptors (Lipinski definition) is 6. The van der Waals surface area contributed by atoms with E-state index in [1.165, 1.54) is 5.56 Å². The molecule has 122 valence electrons. The summed E-state index contributed by atoms with van der Waals surface area (Å²) in [6.45, 7) is 2.16. The predicted molar refractivity (Wildman–Crippen MR) is 90.9 cm³/mol. The number of aryl methyl sites for hydroxylation is 1. The van der Waals surface area contributed by atoms with Crippen LogP contribution >= 0.6 is 11.8 Å². The van der Waals surface area contributed by atoms with Crippen LogP contribution in [-0.2, 0) is 11.2 Å². The van der Waals surface area contributed by atoms with Gasteiger partial charge in [-0.05, 0) is 30.5 Å². The van der Waals surface area contributed by atoms with Gasteiger partial charge in [-0.1, -0.05) is 37.2 Å². The Hall–Kier alpha value is -2.35. The van der Waals surface area contributed by atoms with Gasteiger partial charge in [-0.25, -0.2) is 0 Å². The zero-order chi connectivity index (χ0) is 16.7. The number of hydrogen-bond donors (Lipinski definition) is 2. The van der Waals surface area contributed by atoms with Crippen LogP contribution in [0.4, 0.5) is 5.69 Å². The van der Waals surface area contributed by atoms with E-state index in [4.69, 9.17) is 5.84 Å². The molecule has 0 unspecified atom stereocenters. The first kappa shape index (κ1) is 17.0. The van der Waals surface area contributed by atoms with E-state index in [9.17, 15) is 9.59 Å². The maximum atomic E-state index is 11.9. The highest BCUT2D eigenvalue weighted by Crippen LogP contribution is 2.14. The van der Waals surface area contributed by atoms with E-state index in [-0.39, 0.29) is 16.8 Å². The van der Waals surface area contributed by atoms with Crippen molar-refractivity contribution in [3.63, 3.8) is 0 Å².